The summed E-state index contributed by atoms with van der Waals surface area (Å²) in [5, 5.41) is 0. The maximum Gasteiger partial charge on any atom is 0.160 e. The Morgan fingerprint density at radius 2 is 0.667 bits per heavy atom. The summed E-state index contributed by atoms with van der Waals surface area (Å²) in [6, 6.07) is 82.0. The van der Waals surface area contributed by atoms with Gasteiger partial charge in [-0.15, -0.1) is 0 Å². The molecule has 4 heterocycles. The van der Waals surface area contributed by atoms with Gasteiger partial charge in [0.1, 0.15) is 11.6 Å². The van der Waals surface area contributed by atoms with Crippen LogP contribution in [0.1, 0.15) is 70.7 Å². The molecule has 0 fully saturated rings. The molecule has 3 aliphatic rings. The van der Waals surface area contributed by atoms with Crippen LogP contribution < -0.4 is 0 Å². The van der Waals surface area contributed by atoms with Crippen LogP contribution >= 0.6 is 0 Å². The summed E-state index contributed by atoms with van der Waals surface area (Å²) in [6.07, 6.45) is 1.62. The van der Waals surface area contributed by atoms with Gasteiger partial charge in [0.05, 0.1) is 44.8 Å². The summed E-state index contributed by atoms with van der Waals surface area (Å²) in [6.45, 7) is 4.32. The van der Waals surface area contributed by atoms with E-state index in [4.69, 9.17) is 29.9 Å². The van der Waals surface area contributed by atoms with Crippen molar-refractivity contribution >= 4 is 22.1 Å². The van der Waals surface area contributed by atoms with Gasteiger partial charge in [-0.1, -0.05) is 172 Å². The molecule has 0 spiro atoms. The maximum absolute atomic E-state index is 5.41. The Balaban J connectivity index is 0.836. The lowest BCUT2D eigenvalue weighted by atomic mass is 9.61. The molecule has 3 aliphatic carbocycles. The average molecular weight is 1000 g/mol. The first-order valence-electron chi connectivity index (χ1n) is 27.0. The molecule has 0 saturated heterocycles. The Bertz CT molecular complexity index is 4210. The minimum Gasteiger partial charge on any atom is -0.296 e. The van der Waals surface area contributed by atoms with Crippen LogP contribution in [0.4, 0.5) is 0 Å². The van der Waals surface area contributed by atoms with Crippen molar-refractivity contribution in [2.75, 3.05) is 0 Å². The summed E-state index contributed by atoms with van der Waals surface area (Å²) < 4.78 is 4.55. The molecule has 2 bridgehead atoms. The van der Waals surface area contributed by atoms with Crippen LogP contribution in [0.2, 0.25) is 0 Å². The van der Waals surface area contributed by atoms with Crippen molar-refractivity contribution in [1.29, 1.82) is 0 Å². The molecule has 8 heteroatoms. The number of rotatable bonds is 10. The van der Waals surface area contributed by atoms with E-state index in [0.717, 1.165) is 114 Å². The van der Waals surface area contributed by atoms with Crippen LogP contribution in [-0.2, 0) is 12.8 Å². The van der Waals surface area contributed by atoms with E-state index in [9.17, 15) is 0 Å². The highest BCUT2D eigenvalue weighted by atomic mass is 15.1. The quantitative estimate of drug-likeness (QED) is 0.136. The highest BCUT2D eigenvalue weighted by Gasteiger charge is 2.41. The van der Waals surface area contributed by atoms with Crippen molar-refractivity contribution in [1.82, 2.24) is 39.0 Å². The predicted octanol–water partition coefficient (Wildman–Crippen LogP) is 16.1. The lowest BCUT2D eigenvalue weighted by molar-refractivity contribution is 0.754. The third kappa shape index (κ3) is 7.51. The lowest BCUT2D eigenvalue weighted by Crippen LogP contribution is -2.27. The van der Waals surface area contributed by atoms with Crippen LogP contribution in [-0.4, -0.2) is 39.0 Å². The van der Waals surface area contributed by atoms with Gasteiger partial charge < -0.3 is 0 Å². The van der Waals surface area contributed by atoms with E-state index in [-0.39, 0.29) is 11.8 Å². The zero-order valence-electron chi connectivity index (χ0n) is 43.1. The zero-order chi connectivity index (χ0) is 51.8. The molecule has 9 aromatic carbocycles. The second-order valence-corrected chi connectivity index (χ2v) is 20.4. The second kappa shape index (κ2) is 18.4. The van der Waals surface area contributed by atoms with E-state index in [0.29, 0.717) is 11.6 Å². The van der Waals surface area contributed by atoms with E-state index in [1.54, 1.807) is 0 Å². The van der Waals surface area contributed by atoms with Crippen molar-refractivity contribution in [3.8, 4) is 79.2 Å². The van der Waals surface area contributed by atoms with Crippen molar-refractivity contribution in [3.05, 3.63) is 276 Å². The number of fused-ring (bicyclic) bond motifs is 2. The molecule has 0 radical (unpaired) electrons. The highest BCUT2D eigenvalue weighted by molar-refractivity contribution is 5.82. The third-order valence-electron chi connectivity index (χ3n) is 15.8. The minimum atomic E-state index is 0.0126. The third-order valence-corrected chi connectivity index (χ3v) is 15.8. The molecule has 16 rings (SSSR count). The number of hydrogen-bond donors (Lipinski definition) is 0. The SMILES string of the molecule is CCc1nc2ccccc2n1-c1cccc(-c2cc(-c3ccccc3)nc(-c3ccc4c(c3)C3c5ccccc5[C@H]4c4cc(-c5nc(-c6ccccc6)cc(-c6cccc(-n7c(CC)nc8ccccc87)c6)n5)ccc43)n2)c1. The first kappa shape index (κ1) is 45.5. The van der Waals surface area contributed by atoms with Crippen LogP contribution in [0.3, 0.4) is 0 Å². The van der Waals surface area contributed by atoms with Gasteiger partial charge in [0.25, 0.3) is 0 Å². The van der Waals surface area contributed by atoms with Crippen LogP contribution in [0.5, 0.6) is 0 Å². The molecule has 0 aliphatic heterocycles. The molecule has 0 N–H and O–H groups in total. The molecule has 0 amide bonds. The Labute approximate surface area is 452 Å². The van der Waals surface area contributed by atoms with Gasteiger partial charge in [0.15, 0.2) is 11.6 Å². The highest BCUT2D eigenvalue weighted by Crippen LogP contribution is 2.56. The van der Waals surface area contributed by atoms with E-state index < -0.39 is 0 Å². The number of imidazole rings is 2. The van der Waals surface area contributed by atoms with Crippen LogP contribution in [0, 0.1) is 0 Å². The fourth-order valence-corrected chi connectivity index (χ4v) is 12.3. The molecule has 8 nitrogen and oxygen atoms in total. The van der Waals surface area contributed by atoms with E-state index in [1.807, 2.05) is 24.3 Å². The normalized spacial score (nSPS) is 14.1. The van der Waals surface area contributed by atoms with Gasteiger partial charge in [0, 0.05) is 69.4 Å². The standard InChI is InChI=1S/C70H50N8/c1-3-65-71-57-29-13-15-31-63(57)77(65)49-25-17-23-45(37-49)61-41-59(43-19-7-5-8-20-43)73-69(75-61)47-33-35-53-55(39-47)67-51-27-11-12-28-52(51)68(53)56-40-48(34-36-54(56)67)70-74-60(44-21-9-6-10-22-44)42-62(76-70)46-24-18-26-50(38-46)78-64-32-16-14-30-58(64)72-66(78)4-2/h5-42,67-68H,3-4H2,1-2H3/t67-,68?/m1/s1. The molecule has 1 unspecified atom stereocenters. The molecule has 4 aromatic heterocycles. The Kier molecular flexibility index (Phi) is 10.7. The van der Waals surface area contributed by atoms with Crippen LogP contribution in [0.25, 0.3) is 101 Å². The smallest absolute Gasteiger partial charge is 0.160 e. The molecule has 13 aromatic rings. The second-order valence-electron chi connectivity index (χ2n) is 20.4. The van der Waals surface area contributed by atoms with Gasteiger partial charge in [-0.25, -0.2) is 29.9 Å². The van der Waals surface area contributed by atoms with Gasteiger partial charge in [0.2, 0.25) is 0 Å². The number of aryl methyl sites for hydroxylation is 2. The predicted molar refractivity (Wildman–Crippen MR) is 313 cm³/mol. The average Bonchev–Trinajstić information content (AvgIpc) is 4.02. The van der Waals surface area contributed by atoms with Gasteiger partial charge >= 0.3 is 0 Å². The van der Waals surface area contributed by atoms with Crippen molar-refractivity contribution in [2.24, 2.45) is 0 Å². The van der Waals surface area contributed by atoms with Gasteiger partial charge in [-0.2, -0.15) is 0 Å². The van der Waals surface area contributed by atoms with Crippen molar-refractivity contribution in [2.45, 2.75) is 38.5 Å². The van der Waals surface area contributed by atoms with E-state index in [2.05, 4.69) is 229 Å². The van der Waals surface area contributed by atoms with E-state index >= 15 is 0 Å². The summed E-state index contributed by atoms with van der Waals surface area (Å²) >= 11 is 0. The number of aromatic nitrogens is 8. The van der Waals surface area contributed by atoms with Crippen molar-refractivity contribution in [3.63, 3.8) is 0 Å². The fraction of sp³-hybridized carbons (Fsp3) is 0.0857. The van der Waals surface area contributed by atoms with Gasteiger partial charge in [-0.3, -0.25) is 9.13 Å². The van der Waals surface area contributed by atoms with Gasteiger partial charge in [-0.05, 0) is 106 Å². The topological polar surface area (TPSA) is 87.2 Å². The number of benzene rings is 9. The monoisotopic (exact) mass is 1000 g/mol. The zero-order valence-corrected chi connectivity index (χ0v) is 43.1. The molecule has 0 saturated carbocycles. The molecule has 370 valence electrons. The summed E-state index contributed by atoms with van der Waals surface area (Å²) in [5.41, 5.74) is 23.6. The maximum atomic E-state index is 5.41. The van der Waals surface area contributed by atoms with E-state index in [1.165, 1.54) is 33.4 Å². The first-order chi connectivity index (χ1) is 38.5. The number of para-hydroxylation sites is 4. The lowest BCUT2D eigenvalue weighted by Gasteiger charge is -2.42. The molecule has 2 atom stereocenters. The Morgan fingerprint density at radius 1 is 0.295 bits per heavy atom. The summed E-state index contributed by atoms with van der Waals surface area (Å²) in [7, 11) is 0. The number of hydrogen-bond acceptors (Lipinski definition) is 6. The molecular formula is C70H50N8. The molecule has 78 heavy (non-hydrogen) atoms. The minimum absolute atomic E-state index is 0.0126. The van der Waals surface area contributed by atoms with Crippen LogP contribution in [0.15, 0.2) is 231 Å². The summed E-state index contributed by atoms with van der Waals surface area (Å²) in [4.78, 5) is 31.5. The fourth-order valence-electron chi connectivity index (χ4n) is 12.3. The Hall–Kier alpha value is -9.92. The Morgan fingerprint density at radius 3 is 1.10 bits per heavy atom. The molecular weight excluding hydrogens is 953 g/mol. The first-order valence-corrected chi connectivity index (χ1v) is 27.0. The largest absolute Gasteiger partial charge is 0.296 e. The summed E-state index contributed by atoms with van der Waals surface area (Å²) in [5.74, 6) is 3.44. The number of nitrogens with zero attached hydrogens (tertiary/aromatic N) is 8. The van der Waals surface area contributed by atoms with Crippen molar-refractivity contribution < 1.29 is 0 Å².